The van der Waals surface area contributed by atoms with E-state index in [2.05, 4.69) is 20.5 Å². The summed E-state index contributed by atoms with van der Waals surface area (Å²) < 4.78 is 0. The summed E-state index contributed by atoms with van der Waals surface area (Å²) in [6.45, 7) is 2.58. The molecule has 0 saturated carbocycles. The molecule has 0 bridgehead atoms. The Kier molecular flexibility index (Phi) is 6.12. The third-order valence-corrected chi connectivity index (χ3v) is 4.51. The molecule has 1 aromatic heterocycles. The van der Waals surface area contributed by atoms with Crippen molar-refractivity contribution in [3.63, 3.8) is 0 Å². The first kappa shape index (κ1) is 17.5. The first-order chi connectivity index (χ1) is 12.2. The van der Waals surface area contributed by atoms with Gasteiger partial charge in [0.1, 0.15) is 5.82 Å². The smallest absolute Gasteiger partial charge is 0.319 e. The van der Waals surface area contributed by atoms with Crippen molar-refractivity contribution in [1.29, 1.82) is 0 Å². The van der Waals surface area contributed by atoms with Crippen LogP contribution in [0.5, 0.6) is 0 Å². The van der Waals surface area contributed by atoms with Gasteiger partial charge >= 0.3 is 6.03 Å². The van der Waals surface area contributed by atoms with E-state index in [0.29, 0.717) is 17.3 Å². The molecule has 2 amide bonds. The summed E-state index contributed by atoms with van der Waals surface area (Å²) in [6.07, 6.45) is 6.91. The fraction of sp³-hybridized carbons (Fsp3) is 0.368. The fourth-order valence-corrected chi connectivity index (χ4v) is 3.12. The van der Waals surface area contributed by atoms with Crippen LogP contribution in [-0.4, -0.2) is 24.1 Å². The van der Waals surface area contributed by atoms with Gasteiger partial charge in [-0.05, 0) is 42.7 Å². The molecule has 0 atom stereocenters. The van der Waals surface area contributed by atoms with E-state index in [-0.39, 0.29) is 6.03 Å². The zero-order valence-electron chi connectivity index (χ0n) is 14.2. The predicted octanol–water partition coefficient (Wildman–Crippen LogP) is 4.44. The molecule has 1 saturated heterocycles. The summed E-state index contributed by atoms with van der Waals surface area (Å²) >= 11 is 5.91. The molecule has 6 heteroatoms. The summed E-state index contributed by atoms with van der Waals surface area (Å²) in [4.78, 5) is 18.9. The van der Waals surface area contributed by atoms with Crippen LogP contribution >= 0.6 is 11.6 Å². The van der Waals surface area contributed by atoms with Gasteiger partial charge in [0, 0.05) is 36.5 Å². The Balaban J connectivity index is 1.50. The Labute approximate surface area is 153 Å². The molecule has 1 aromatic carbocycles. The van der Waals surface area contributed by atoms with Crippen molar-refractivity contribution in [1.82, 2.24) is 10.3 Å². The lowest BCUT2D eigenvalue weighted by atomic mass is 10.2. The number of rotatable bonds is 4. The maximum atomic E-state index is 12.0. The van der Waals surface area contributed by atoms with Crippen molar-refractivity contribution in [2.24, 2.45) is 0 Å². The number of benzene rings is 1. The number of halogens is 1. The first-order valence-electron chi connectivity index (χ1n) is 8.71. The quantitative estimate of drug-likeness (QED) is 0.849. The number of aromatic nitrogens is 1. The molecule has 2 aromatic rings. The second kappa shape index (κ2) is 8.72. The SMILES string of the molecule is O=C(NCc1ccc(N2CCCCCC2)nc1)Nc1cccc(Cl)c1. The normalized spacial score (nSPS) is 14.7. The van der Waals surface area contributed by atoms with E-state index in [1.165, 1.54) is 25.7 Å². The van der Waals surface area contributed by atoms with E-state index < -0.39 is 0 Å². The van der Waals surface area contributed by atoms with E-state index >= 15 is 0 Å². The molecule has 1 aliphatic rings. The molecule has 3 rings (SSSR count). The van der Waals surface area contributed by atoms with E-state index in [0.717, 1.165) is 24.5 Å². The highest BCUT2D eigenvalue weighted by Gasteiger charge is 2.11. The zero-order chi connectivity index (χ0) is 17.5. The van der Waals surface area contributed by atoms with Gasteiger partial charge in [-0.2, -0.15) is 0 Å². The van der Waals surface area contributed by atoms with E-state index in [4.69, 9.17) is 11.6 Å². The van der Waals surface area contributed by atoms with Gasteiger partial charge in [0.25, 0.3) is 0 Å². The number of hydrogen-bond donors (Lipinski definition) is 2. The number of amides is 2. The lowest BCUT2D eigenvalue weighted by Gasteiger charge is -2.21. The van der Waals surface area contributed by atoms with Crippen molar-refractivity contribution in [2.45, 2.75) is 32.2 Å². The summed E-state index contributed by atoms with van der Waals surface area (Å²) in [5.41, 5.74) is 1.64. The van der Waals surface area contributed by atoms with E-state index in [1.807, 2.05) is 18.3 Å². The number of carbonyl (C=O) groups excluding carboxylic acids is 1. The Morgan fingerprint density at radius 1 is 1.12 bits per heavy atom. The molecule has 25 heavy (non-hydrogen) atoms. The van der Waals surface area contributed by atoms with Crippen LogP contribution in [-0.2, 0) is 6.54 Å². The minimum Gasteiger partial charge on any atom is -0.357 e. The van der Waals surface area contributed by atoms with Crippen LogP contribution in [0.3, 0.4) is 0 Å². The molecular weight excluding hydrogens is 336 g/mol. The van der Waals surface area contributed by atoms with E-state index in [9.17, 15) is 4.79 Å². The van der Waals surface area contributed by atoms with Gasteiger partial charge in [0.05, 0.1) is 0 Å². The standard InChI is InChI=1S/C19H23ClN4O/c20-16-6-5-7-17(12-16)23-19(25)22-14-15-8-9-18(21-13-15)24-10-3-1-2-4-11-24/h5-9,12-13H,1-4,10-11,14H2,(H2,22,23,25). The Morgan fingerprint density at radius 3 is 2.60 bits per heavy atom. The Hall–Kier alpha value is -2.27. The minimum absolute atomic E-state index is 0.265. The molecule has 0 spiro atoms. The van der Waals surface area contributed by atoms with Crippen LogP contribution in [0, 0.1) is 0 Å². The van der Waals surface area contributed by atoms with Gasteiger partial charge in [0.15, 0.2) is 0 Å². The number of nitrogens with zero attached hydrogens (tertiary/aromatic N) is 2. The van der Waals surface area contributed by atoms with Gasteiger partial charge in [-0.3, -0.25) is 0 Å². The van der Waals surface area contributed by atoms with Crippen molar-refractivity contribution in [3.8, 4) is 0 Å². The monoisotopic (exact) mass is 358 g/mol. The maximum absolute atomic E-state index is 12.0. The topological polar surface area (TPSA) is 57.3 Å². The summed E-state index contributed by atoms with van der Waals surface area (Å²) in [5.74, 6) is 1.02. The van der Waals surface area contributed by atoms with E-state index in [1.54, 1.807) is 24.3 Å². The second-order valence-corrected chi connectivity index (χ2v) is 6.68. The third-order valence-electron chi connectivity index (χ3n) is 4.27. The molecule has 1 fully saturated rings. The van der Waals surface area contributed by atoms with Crippen LogP contribution in [0.2, 0.25) is 5.02 Å². The van der Waals surface area contributed by atoms with Gasteiger partial charge in [-0.1, -0.05) is 36.6 Å². The van der Waals surface area contributed by atoms with Crippen LogP contribution in [0.15, 0.2) is 42.6 Å². The predicted molar refractivity (Wildman–Crippen MR) is 102 cm³/mol. The molecule has 0 aliphatic carbocycles. The number of anilines is 2. The molecule has 5 nitrogen and oxygen atoms in total. The number of nitrogens with one attached hydrogen (secondary N) is 2. The molecular formula is C19H23ClN4O. The highest BCUT2D eigenvalue weighted by molar-refractivity contribution is 6.30. The molecule has 0 unspecified atom stereocenters. The maximum Gasteiger partial charge on any atom is 0.319 e. The molecule has 0 radical (unpaired) electrons. The highest BCUT2D eigenvalue weighted by atomic mass is 35.5. The van der Waals surface area contributed by atoms with Gasteiger partial charge in [-0.15, -0.1) is 0 Å². The fourth-order valence-electron chi connectivity index (χ4n) is 2.93. The average molecular weight is 359 g/mol. The summed E-state index contributed by atoms with van der Waals surface area (Å²) in [5, 5.41) is 6.18. The van der Waals surface area contributed by atoms with Crippen LogP contribution in [0.4, 0.5) is 16.3 Å². The van der Waals surface area contributed by atoms with Crippen LogP contribution in [0.25, 0.3) is 0 Å². The molecule has 2 N–H and O–H groups in total. The van der Waals surface area contributed by atoms with Crippen LogP contribution in [0.1, 0.15) is 31.2 Å². The number of urea groups is 1. The summed E-state index contributed by atoms with van der Waals surface area (Å²) in [6, 6.07) is 10.9. The Bertz CT molecular complexity index is 697. The molecule has 2 heterocycles. The first-order valence-corrected chi connectivity index (χ1v) is 9.09. The minimum atomic E-state index is -0.265. The van der Waals surface area contributed by atoms with Crippen molar-refractivity contribution < 1.29 is 4.79 Å². The second-order valence-electron chi connectivity index (χ2n) is 6.24. The molecule has 132 valence electrons. The van der Waals surface area contributed by atoms with Crippen molar-refractivity contribution in [3.05, 3.63) is 53.2 Å². The lowest BCUT2D eigenvalue weighted by Crippen LogP contribution is -2.28. The third kappa shape index (κ3) is 5.36. The molecule has 1 aliphatic heterocycles. The average Bonchev–Trinajstić information content (AvgIpc) is 2.90. The van der Waals surface area contributed by atoms with Gasteiger partial charge in [-0.25, -0.2) is 9.78 Å². The van der Waals surface area contributed by atoms with Gasteiger partial charge < -0.3 is 15.5 Å². The summed E-state index contributed by atoms with van der Waals surface area (Å²) in [7, 11) is 0. The lowest BCUT2D eigenvalue weighted by molar-refractivity contribution is 0.251. The Morgan fingerprint density at radius 2 is 1.92 bits per heavy atom. The number of pyridine rings is 1. The van der Waals surface area contributed by atoms with Gasteiger partial charge in [0.2, 0.25) is 0 Å². The van der Waals surface area contributed by atoms with Crippen molar-refractivity contribution >= 4 is 29.1 Å². The number of carbonyl (C=O) groups is 1. The number of hydrogen-bond acceptors (Lipinski definition) is 3. The van der Waals surface area contributed by atoms with Crippen molar-refractivity contribution in [2.75, 3.05) is 23.3 Å². The highest BCUT2D eigenvalue weighted by Crippen LogP contribution is 2.17. The largest absolute Gasteiger partial charge is 0.357 e. The zero-order valence-corrected chi connectivity index (χ0v) is 14.9. The van der Waals surface area contributed by atoms with Crippen LogP contribution < -0.4 is 15.5 Å².